The number of carboxylic acids is 1. The van der Waals surface area contributed by atoms with E-state index in [0.29, 0.717) is 12.8 Å². The van der Waals surface area contributed by atoms with Crippen molar-refractivity contribution in [3.05, 3.63) is 0 Å². The van der Waals surface area contributed by atoms with Gasteiger partial charge in [-0.3, -0.25) is 14.5 Å². The first-order valence-electron chi connectivity index (χ1n) is 6.48. The molecule has 110 valence electrons. The van der Waals surface area contributed by atoms with Crippen LogP contribution in [0.25, 0.3) is 0 Å². The first-order valence-corrected chi connectivity index (χ1v) is 6.48. The Kier molecular flexibility index (Phi) is 3.65. The van der Waals surface area contributed by atoms with E-state index in [1.165, 1.54) is 7.05 Å². The van der Waals surface area contributed by atoms with Crippen molar-refractivity contribution >= 4 is 23.8 Å². The van der Waals surface area contributed by atoms with Crippen LogP contribution in [0.5, 0.6) is 0 Å². The van der Waals surface area contributed by atoms with Crippen LogP contribution in [0.15, 0.2) is 0 Å². The molecule has 20 heavy (non-hydrogen) atoms. The Labute approximate surface area is 115 Å². The van der Waals surface area contributed by atoms with Gasteiger partial charge in [-0.1, -0.05) is 12.8 Å². The van der Waals surface area contributed by atoms with Gasteiger partial charge in [0, 0.05) is 7.05 Å². The number of rotatable bonds is 3. The lowest BCUT2D eigenvalue weighted by molar-refractivity contribution is -0.144. The molecule has 1 aliphatic carbocycles. The second-order valence-corrected chi connectivity index (χ2v) is 5.24. The minimum atomic E-state index is -1.26. The van der Waals surface area contributed by atoms with Crippen LogP contribution in [0.4, 0.5) is 4.79 Å². The Morgan fingerprint density at radius 1 is 1.30 bits per heavy atom. The maximum Gasteiger partial charge on any atom is 0.329 e. The van der Waals surface area contributed by atoms with Crippen LogP contribution >= 0.6 is 0 Å². The van der Waals surface area contributed by atoms with Gasteiger partial charge >= 0.3 is 12.0 Å². The lowest BCUT2D eigenvalue weighted by Crippen LogP contribution is -2.57. The van der Waals surface area contributed by atoms with Gasteiger partial charge in [-0.15, -0.1) is 0 Å². The Bertz CT molecular complexity index is 470. The molecule has 0 aromatic heterocycles. The summed E-state index contributed by atoms with van der Waals surface area (Å²) in [5.74, 6) is -1.92. The fraction of sp³-hybridized carbons (Fsp3) is 0.667. The smallest absolute Gasteiger partial charge is 0.329 e. The van der Waals surface area contributed by atoms with E-state index in [2.05, 4.69) is 10.6 Å². The molecule has 0 radical (unpaired) electrons. The van der Waals surface area contributed by atoms with Crippen molar-refractivity contribution in [3.63, 3.8) is 0 Å². The minimum absolute atomic E-state index is 0.0944. The molecule has 0 bridgehead atoms. The number of hydrogen-bond donors (Lipinski definition) is 3. The van der Waals surface area contributed by atoms with Crippen molar-refractivity contribution in [2.75, 3.05) is 7.05 Å². The SMILES string of the molecule is CN1C(=O)CC(NC(=O)NC2(C(=O)O)CCCC2)C1=O. The van der Waals surface area contributed by atoms with E-state index in [-0.39, 0.29) is 12.3 Å². The fourth-order valence-electron chi connectivity index (χ4n) is 2.65. The number of carboxylic acid groups (broad SMARTS) is 1. The van der Waals surface area contributed by atoms with E-state index >= 15 is 0 Å². The molecule has 8 nitrogen and oxygen atoms in total. The van der Waals surface area contributed by atoms with Crippen molar-refractivity contribution in [2.24, 2.45) is 0 Å². The molecule has 1 saturated heterocycles. The Morgan fingerprint density at radius 3 is 2.35 bits per heavy atom. The molecule has 2 rings (SSSR count). The lowest BCUT2D eigenvalue weighted by Gasteiger charge is -2.26. The summed E-state index contributed by atoms with van der Waals surface area (Å²) < 4.78 is 0. The monoisotopic (exact) mass is 283 g/mol. The van der Waals surface area contributed by atoms with E-state index in [1.54, 1.807) is 0 Å². The average molecular weight is 283 g/mol. The highest BCUT2D eigenvalue weighted by Crippen LogP contribution is 2.29. The van der Waals surface area contributed by atoms with Gasteiger partial charge in [-0.25, -0.2) is 9.59 Å². The fourth-order valence-corrected chi connectivity index (χ4v) is 2.65. The number of imide groups is 1. The quantitative estimate of drug-likeness (QED) is 0.600. The predicted molar refractivity (Wildman–Crippen MR) is 66.7 cm³/mol. The number of carbonyl (C=O) groups is 4. The number of hydrogen-bond acceptors (Lipinski definition) is 4. The van der Waals surface area contributed by atoms with Crippen molar-refractivity contribution in [2.45, 2.75) is 43.7 Å². The number of amides is 4. The van der Waals surface area contributed by atoms with Crippen molar-refractivity contribution in [1.82, 2.24) is 15.5 Å². The van der Waals surface area contributed by atoms with E-state index in [4.69, 9.17) is 0 Å². The summed E-state index contributed by atoms with van der Waals surface area (Å²) in [5, 5.41) is 14.0. The molecule has 1 atom stereocenters. The number of likely N-dealkylation sites (tertiary alicyclic amines) is 1. The number of nitrogens with zero attached hydrogens (tertiary/aromatic N) is 1. The highest BCUT2D eigenvalue weighted by Gasteiger charge is 2.44. The third-order valence-electron chi connectivity index (χ3n) is 3.91. The summed E-state index contributed by atoms with van der Waals surface area (Å²) in [6, 6.07) is -1.64. The second kappa shape index (κ2) is 5.10. The van der Waals surface area contributed by atoms with Gasteiger partial charge in [0.1, 0.15) is 11.6 Å². The van der Waals surface area contributed by atoms with Gasteiger partial charge in [0.05, 0.1) is 6.42 Å². The molecule has 0 spiro atoms. The second-order valence-electron chi connectivity index (χ2n) is 5.24. The number of urea groups is 1. The summed E-state index contributed by atoms with van der Waals surface area (Å²) in [5.41, 5.74) is -1.26. The molecule has 2 aliphatic rings. The van der Waals surface area contributed by atoms with Crippen LogP contribution in [0.2, 0.25) is 0 Å². The molecule has 4 amide bonds. The van der Waals surface area contributed by atoms with Gasteiger partial charge in [0.2, 0.25) is 5.91 Å². The van der Waals surface area contributed by atoms with Crippen LogP contribution in [0, 0.1) is 0 Å². The largest absolute Gasteiger partial charge is 0.480 e. The van der Waals surface area contributed by atoms with Gasteiger partial charge < -0.3 is 15.7 Å². The Hall–Kier alpha value is -2.12. The molecule has 1 aliphatic heterocycles. The normalized spacial score (nSPS) is 24.9. The number of carbonyl (C=O) groups excluding carboxylic acids is 3. The number of aliphatic carboxylic acids is 1. The van der Waals surface area contributed by atoms with E-state index in [9.17, 15) is 24.3 Å². The highest BCUT2D eigenvalue weighted by molar-refractivity contribution is 6.06. The summed E-state index contributed by atoms with van der Waals surface area (Å²) in [6.07, 6.45) is 2.11. The first kappa shape index (κ1) is 14.3. The highest BCUT2D eigenvalue weighted by atomic mass is 16.4. The third kappa shape index (κ3) is 2.45. The summed E-state index contributed by atoms with van der Waals surface area (Å²) in [7, 11) is 1.35. The van der Waals surface area contributed by atoms with Crippen LogP contribution < -0.4 is 10.6 Å². The molecule has 0 aromatic carbocycles. The van der Waals surface area contributed by atoms with E-state index in [0.717, 1.165) is 17.7 Å². The number of nitrogens with one attached hydrogen (secondary N) is 2. The maximum atomic E-state index is 11.9. The zero-order valence-corrected chi connectivity index (χ0v) is 11.1. The molecule has 0 aromatic rings. The Morgan fingerprint density at radius 2 is 1.90 bits per heavy atom. The Balaban J connectivity index is 1.97. The topological polar surface area (TPSA) is 116 Å². The molecule has 2 fully saturated rings. The van der Waals surface area contributed by atoms with Crippen molar-refractivity contribution in [3.8, 4) is 0 Å². The van der Waals surface area contributed by atoms with Crippen LogP contribution in [-0.2, 0) is 14.4 Å². The maximum absolute atomic E-state index is 11.9. The lowest BCUT2D eigenvalue weighted by atomic mass is 9.98. The van der Waals surface area contributed by atoms with Crippen molar-refractivity contribution < 1.29 is 24.3 Å². The molecular weight excluding hydrogens is 266 g/mol. The van der Waals surface area contributed by atoms with E-state index in [1.807, 2.05) is 0 Å². The molecule has 1 unspecified atom stereocenters. The van der Waals surface area contributed by atoms with Crippen molar-refractivity contribution in [1.29, 1.82) is 0 Å². The average Bonchev–Trinajstić information content (AvgIpc) is 2.93. The molecule has 8 heteroatoms. The molecule has 3 N–H and O–H groups in total. The van der Waals surface area contributed by atoms with Crippen LogP contribution in [-0.4, -0.2) is 52.4 Å². The molecule has 1 saturated carbocycles. The summed E-state index contributed by atoms with van der Waals surface area (Å²) in [4.78, 5) is 47.1. The van der Waals surface area contributed by atoms with Gasteiger partial charge in [0.15, 0.2) is 0 Å². The molecular formula is C12H17N3O5. The predicted octanol–water partition coefficient (Wildman–Crippen LogP) is -0.560. The van der Waals surface area contributed by atoms with Gasteiger partial charge in [-0.2, -0.15) is 0 Å². The first-order chi connectivity index (χ1) is 9.35. The molecule has 1 heterocycles. The van der Waals surface area contributed by atoms with Gasteiger partial charge in [0.25, 0.3) is 5.91 Å². The summed E-state index contributed by atoms with van der Waals surface area (Å²) >= 11 is 0. The minimum Gasteiger partial charge on any atom is -0.480 e. The third-order valence-corrected chi connectivity index (χ3v) is 3.91. The van der Waals surface area contributed by atoms with Crippen LogP contribution in [0.1, 0.15) is 32.1 Å². The van der Waals surface area contributed by atoms with E-state index < -0.39 is 29.5 Å². The van der Waals surface area contributed by atoms with Gasteiger partial charge in [-0.05, 0) is 12.8 Å². The number of likely N-dealkylation sites (N-methyl/N-ethyl adjacent to an activating group) is 1. The standard InChI is InChI=1S/C12H17N3O5/c1-15-8(16)6-7(9(15)17)13-11(20)14-12(10(18)19)4-2-3-5-12/h7H,2-6H2,1H3,(H,18,19)(H2,13,14,20). The summed E-state index contributed by atoms with van der Waals surface area (Å²) in [6.45, 7) is 0. The van der Waals surface area contributed by atoms with Crippen LogP contribution in [0.3, 0.4) is 0 Å². The zero-order valence-electron chi connectivity index (χ0n) is 11.1. The zero-order chi connectivity index (χ0) is 14.9.